The summed E-state index contributed by atoms with van der Waals surface area (Å²) in [6, 6.07) is 13.0. The van der Waals surface area contributed by atoms with Gasteiger partial charge in [0.15, 0.2) is 11.6 Å². The van der Waals surface area contributed by atoms with Gasteiger partial charge in [-0.3, -0.25) is 0 Å². The van der Waals surface area contributed by atoms with Crippen molar-refractivity contribution in [3.63, 3.8) is 0 Å². The third-order valence-corrected chi connectivity index (χ3v) is 10.6. The molecular formula is C36H28Br4N6. The number of hydrogen-bond donors (Lipinski definition) is 2. The molecule has 2 N–H and O–H groups in total. The quantitative estimate of drug-likeness (QED) is 0.185. The molecule has 2 aromatic carbocycles. The first-order valence-corrected chi connectivity index (χ1v) is 17.8. The van der Waals surface area contributed by atoms with Gasteiger partial charge >= 0.3 is 0 Å². The average Bonchev–Trinajstić information content (AvgIpc) is 3.71. The third kappa shape index (κ3) is 5.47. The van der Waals surface area contributed by atoms with E-state index in [0.717, 1.165) is 73.7 Å². The summed E-state index contributed by atoms with van der Waals surface area (Å²) in [5.74, 6) is 1.14. The average molecular weight is 864 g/mol. The molecule has 0 aliphatic carbocycles. The van der Waals surface area contributed by atoms with E-state index in [2.05, 4.69) is 152 Å². The van der Waals surface area contributed by atoms with Gasteiger partial charge < -0.3 is 9.97 Å². The Kier molecular flexibility index (Phi) is 8.07. The van der Waals surface area contributed by atoms with Crippen LogP contribution in [0.1, 0.15) is 56.4 Å². The normalized spacial score (nSPS) is 12.8. The molecule has 0 radical (unpaired) electrons. The van der Waals surface area contributed by atoms with Crippen LogP contribution < -0.4 is 0 Å². The number of aryl methyl sites for hydroxylation is 6. The van der Waals surface area contributed by atoms with Gasteiger partial charge in [-0.15, -0.1) is 0 Å². The van der Waals surface area contributed by atoms with Crippen LogP contribution in [0.3, 0.4) is 0 Å². The number of nitrogens with zero attached hydrogens (tertiary/aromatic N) is 4. The van der Waals surface area contributed by atoms with Gasteiger partial charge in [-0.2, -0.15) is 0 Å². The maximum atomic E-state index is 5.08. The SMILES string of the molecule is Cc1cc(C)c(-c2c3nc(nc4[nH]c(cc4Br)c(-c4c(C)cc(C)cc4C)c4cc(Br)c(nc5nc2C=C5Br)[nH]4)C(Br)=C3)c(C)c1. The fraction of sp³-hybridized carbons (Fsp3) is 0.167. The summed E-state index contributed by atoms with van der Waals surface area (Å²) in [5.41, 5.74) is 15.9. The number of benzene rings is 2. The van der Waals surface area contributed by atoms with E-state index >= 15 is 0 Å². The molecule has 6 nitrogen and oxygen atoms in total. The van der Waals surface area contributed by atoms with Crippen molar-refractivity contribution in [1.29, 1.82) is 0 Å². The molecular weight excluding hydrogens is 836 g/mol. The summed E-state index contributed by atoms with van der Waals surface area (Å²) < 4.78 is 3.24. The summed E-state index contributed by atoms with van der Waals surface area (Å²) in [6.45, 7) is 12.8. The van der Waals surface area contributed by atoms with E-state index in [9.17, 15) is 0 Å². The highest BCUT2D eigenvalue weighted by molar-refractivity contribution is 9.15. The minimum absolute atomic E-state index is 0.570. The second-order valence-electron chi connectivity index (χ2n) is 11.9. The number of rotatable bonds is 2. The van der Waals surface area contributed by atoms with Crippen LogP contribution in [0.25, 0.3) is 65.7 Å². The number of fused-ring (bicyclic) bond motifs is 8. The number of aromatic amines is 2. The Bertz CT molecular complexity index is 2230. The second-order valence-corrected chi connectivity index (χ2v) is 15.3. The zero-order valence-electron chi connectivity index (χ0n) is 25.9. The largest absolute Gasteiger partial charge is 0.339 e. The fourth-order valence-corrected chi connectivity index (χ4v) is 8.23. The number of hydrogen-bond acceptors (Lipinski definition) is 4. The van der Waals surface area contributed by atoms with Crippen LogP contribution in [0.5, 0.6) is 0 Å². The monoisotopic (exact) mass is 860 g/mol. The van der Waals surface area contributed by atoms with E-state index in [0.29, 0.717) is 22.9 Å². The van der Waals surface area contributed by atoms with Gasteiger partial charge in [0, 0.05) is 11.1 Å². The minimum atomic E-state index is 0.570. The maximum Gasteiger partial charge on any atom is 0.169 e. The molecule has 10 heteroatoms. The van der Waals surface area contributed by atoms with Crippen LogP contribution in [0, 0.1) is 41.5 Å². The summed E-state index contributed by atoms with van der Waals surface area (Å²) in [5, 5.41) is 0. The summed E-state index contributed by atoms with van der Waals surface area (Å²) in [4.78, 5) is 27.4. The first-order chi connectivity index (χ1) is 21.9. The second kappa shape index (κ2) is 11.8. The van der Waals surface area contributed by atoms with Crippen LogP contribution in [-0.2, 0) is 0 Å². The van der Waals surface area contributed by atoms with E-state index in [1.165, 1.54) is 22.3 Å². The maximum absolute atomic E-state index is 5.08. The van der Waals surface area contributed by atoms with Gasteiger partial charge in [0.1, 0.15) is 11.3 Å². The lowest BCUT2D eigenvalue weighted by atomic mass is 9.92. The van der Waals surface area contributed by atoms with Gasteiger partial charge in [-0.25, -0.2) is 19.9 Å². The van der Waals surface area contributed by atoms with Crippen molar-refractivity contribution in [1.82, 2.24) is 29.9 Å². The van der Waals surface area contributed by atoms with Crippen LogP contribution in [0.15, 0.2) is 45.3 Å². The van der Waals surface area contributed by atoms with E-state index < -0.39 is 0 Å². The first-order valence-electron chi connectivity index (χ1n) is 14.7. The molecule has 5 heterocycles. The Hall–Kier alpha value is -3.18. The van der Waals surface area contributed by atoms with Crippen LogP contribution in [-0.4, -0.2) is 29.9 Å². The van der Waals surface area contributed by atoms with Crippen LogP contribution in [0.2, 0.25) is 0 Å². The molecule has 0 saturated heterocycles. The first kappa shape index (κ1) is 31.4. The minimum Gasteiger partial charge on any atom is -0.339 e. The Labute approximate surface area is 300 Å². The number of aromatic nitrogens is 6. The van der Waals surface area contributed by atoms with Gasteiger partial charge in [0.25, 0.3) is 0 Å². The Balaban J connectivity index is 1.68. The lowest BCUT2D eigenvalue weighted by molar-refractivity contribution is 1.16. The molecule has 8 bridgehead atoms. The van der Waals surface area contributed by atoms with Crippen LogP contribution in [0.4, 0.5) is 0 Å². The predicted octanol–water partition coefficient (Wildman–Crippen LogP) is 11.6. The summed E-state index contributed by atoms with van der Waals surface area (Å²) in [7, 11) is 0. The summed E-state index contributed by atoms with van der Waals surface area (Å²) >= 11 is 15.1. The van der Waals surface area contributed by atoms with Gasteiger partial charge in [0.2, 0.25) is 0 Å². The Morgan fingerprint density at radius 2 is 0.826 bits per heavy atom. The van der Waals surface area contributed by atoms with E-state index in [1.54, 1.807) is 0 Å². The van der Waals surface area contributed by atoms with E-state index in [-0.39, 0.29) is 0 Å². The highest BCUT2D eigenvalue weighted by Crippen LogP contribution is 2.41. The van der Waals surface area contributed by atoms with E-state index in [1.807, 2.05) is 12.2 Å². The number of nitrogens with one attached hydrogen (secondary N) is 2. The molecule has 7 rings (SSSR count). The molecule has 46 heavy (non-hydrogen) atoms. The Morgan fingerprint density at radius 1 is 0.457 bits per heavy atom. The molecule has 0 spiro atoms. The third-order valence-electron chi connectivity index (χ3n) is 8.25. The Morgan fingerprint density at radius 3 is 1.22 bits per heavy atom. The molecule has 0 atom stereocenters. The molecule has 0 amide bonds. The standard InChI is InChI=1S/C36H28Br4N6/c1-15-7-17(3)29(18(4)8-15)31-25-11-21(37)33(41-25)45-35-23(39)13-27(43-35)32(30-19(5)9-16(2)10-20(30)6)28-14-24(40)36(44-28)46-34-22(38)12-26(31)42-34/h7-14H,1-6H3,(H,41,43,45)(H,42,44,46). The van der Waals surface area contributed by atoms with Crippen molar-refractivity contribution < 1.29 is 0 Å². The van der Waals surface area contributed by atoms with Crippen molar-refractivity contribution in [3.05, 3.63) is 102 Å². The highest BCUT2D eigenvalue weighted by atomic mass is 79.9. The predicted molar refractivity (Wildman–Crippen MR) is 205 cm³/mol. The fourth-order valence-electron chi connectivity index (χ4n) is 6.61. The molecule has 230 valence electrons. The molecule has 2 aliphatic heterocycles. The zero-order valence-corrected chi connectivity index (χ0v) is 32.3. The van der Waals surface area contributed by atoms with Crippen molar-refractivity contribution >= 4 is 107 Å². The van der Waals surface area contributed by atoms with Crippen molar-refractivity contribution in [2.45, 2.75) is 41.5 Å². The lowest BCUT2D eigenvalue weighted by Crippen LogP contribution is -1.96. The molecule has 5 aromatic rings. The lowest BCUT2D eigenvalue weighted by Gasteiger charge is -2.13. The molecule has 0 fully saturated rings. The van der Waals surface area contributed by atoms with Gasteiger partial charge in [0.05, 0.1) is 40.3 Å². The molecule has 0 saturated carbocycles. The van der Waals surface area contributed by atoms with E-state index in [4.69, 9.17) is 19.9 Å². The topological polar surface area (TPSA) is 83.1 Å². The van der Waals surface area contributed by atoms with Gasteiger partial charge in [-0.05, 0) is 163 Å². The van der Waals surface area contributed by atoms with Crippen LogP contribution >= 0.6 is 63.7 Å². The zero-order chi connectivity index (χ0) is 32.6. The molecule has 0 unspecified atom stereocenters. The van der Waals surface area contributed by atoms with Crippen molar-refractivity contribution in [3.8, 4) is 22.3 Å². The summed E-state index contributed by atoms with van der Waals surface area (Å²) in [6.07, 6.45) is 4.04. The number of H-pyrrole nitrogens is 2. The smallest absolute Gasteiger partial charge is 0.169 e. The van der Waals surface area contributed by atoms with Gasteiger partial charge in [-0.1, -0.05) is 35.4 Å². The number of halogens is 4. The highest BCUT2D eigenvalue weighted by Gasteiger charge is 2.23. The van der Waals surface area contributed by atoms with Crippen molar-refractivity contribution in [2.75, 3.05) is 0 Å². The molecule has 3 aromatic heterocycles. The van der Waals surface area contributed by atoms with Crippen molar-refractivity contribution in [2.24, 2.45) is 0 Å². The molecule has 2 aliphatic rings.